The summed E-state index contributed by atoms with van der Waals surface area (Å²) in [5.74, 6) is 0.141. The fourth-order valence-corrected chi connectivity index (χ4v) is 1.45. The number of hydrogen-bond acceptors (Lipinski definition) is 6. The lowest BCUT2D eigenvalue weighted by Crippen LogP contribution is -2.32. The molecule has 0 aliphatic heterocycles. The van der Waals surface area contributed by atoms with E-state index < -0.39 is 5.97 Å². The van der Waals surface area contributed by atoms with Gasteiger partial charge in [-0.1, -0.05) is 25.9 Å². The molecule has 0 saturated carbocycles. The van der Waals surface area contributed by atoms with Gasteiger partial charge in [0.1, 0.15) is 0 Å². The monoisotopic (exact) mass is 271 g/mol. The molecule has 0 aromatic carbocycles. The van der Waals surface area contributed by atoms with Crippen LogP contribution in [0.5, 0.6) is 0 Å². The van der Waals surface area contributed by atoms with Crippen LogP contribution in [-0.2, 0) is 21.5 Å². The first-order valence-corrected chi connectivity index (χ1v) is 6.09. The quantitative estimate of drug-likeness (QED) is 0.788. The maximum absolute atomic E-state index is 10.8. The molecule has 7 nitrogen and oxygen atoms in total. The van der Waals surface area contributed by atoms with E-state index in [9.17, 15) is 4.79 Å². The first-order valence-electron chi connectivity index (χ1n) is 6.09. The molecule has 0 fully saturated rings. The fraction of sp³-hybridized carbons (Fsp3) is 0.750. The average molecular weight is 271 g/mol. The third kappa shape index (κ3) is 5.35. The van der Waals surface area contributed by atoms with Crippen molar-refractivity contribution >= 4 is 5.97 Å². The van der Waals surface area contributed by atoms with Gasteiger partial charge in [0.05, 0.1) is 19.7 Å². The van der Waals surface area contributed by atoms with Gasteiger partial charge in [0.15, 0.2) is 5.82 Å². The molecule has 1 N–H and O–H groups in total. The summed E-state index contributed by atoms with van der Waals surface area (Å²) in [5.41, 5.74) is -0.213. The van der Waals surface area contributed by atoms with Gasteiger partial charge in [-0.25, -0.2) is 0 Å². The van der Waals surface area contributed by atoms with Crippen molar-refractivity contribution in [3.05, 3.63) is 11.7 Å². The Hall–Kier alpha value is -1.47. The van der Waals surface area contributed by atoms with Crippen molar-refractivity contribution < 1.29 is 19.2 Å². The Morgan fingerprint density at radius 1 is 1.47 bits per heavy atom. The highest BCUT2D eigenvalue weighted by atomic mass is 16.5. The second-order valence-electron chi connectivity index (χ2n) is 5.36. The first kappa shape index (κ1) is 15.6. The summed E-state index contributed by atoms with van der Waals surface area (Å²) in [6.45, 7) is 7.14. The molecule has 7 heteroatoms. The zero-order valence-corrected chi connectivity index (χ0v) is 11.8. The maximum Gasteiger partial charge on any atom is 0.317 e. The van der Waals surface area contributed by atoms with E-state index in [2.05, 4.69) is 10.1 Å². The highest BCUT2D eigenvalue weighted by Gasteiger charge is 2.22. The van der Waals surface area contributed by atoms with Gasteiger partial charge in [-0.2, -0.15) is 4.98 Å². The van der Waals surface area contributed by atoms with Crippen LogP contribution in [0.15, 0.2) is 4.52 Å². The van der Waals surface area contributed by atoms with Gasteiger partial charge in [-0.15, -0.1) is 0 Å². The molecule has 0 aliphatic carbocycles. The molecule has 0 bridgehead atoms. The summed E-state index contributed by atoms with van der Waals surface area (Å²) < 4.78 is 10.1. The number of carboxylic acids is 1. The summed E-state index contributed by atoms with van der Waals surface area (Å²) in [6, 6.07) is 0. The van der Waals surface area contributed by atoms with Crippen LogP contribution < -0.4 is 0 Å². The van der Waals surface area contributed by atoms with Gasteiger partial charge in [0.25, 0.3) is 0 Å². The van der Waals surface area contributed by atoms with E-state index in [1.807, 2.05) is 20.8 Å². The van der Waals surface area contributed by atoms with Gasteiger partial charge in [0.2, 0.25) is 5.89 Å². The largest absolute Gasteiger partial charge is 0.480 e. The molecule has 0 aliphatic rings. The zero-order valence-electron chi connectivity index (χ0n) is 11.8. The Morgan fingerprint density at radius 2 is 2.16 bits per heavy atom. The van der Waals surface area contributed by atoms with Crippen LogP contribution in [0.3, 0.4) is 0 Å². The third-order valence-electron chi connectivity index (χ3n) is 2.45. The summed E-state index contributed by atoms with van der Waals surface area (Å²) in [6.07, 6.45) is 0. The Kier molecular flexibility index (Phi) is 5.44. The van der Waals surface area contributed by atoms with Crippen LogP contribution >= 0.6 is 0 Å². The predicted octanol–water partition coefficient (Wildman–Crippen LogP) is 0.900. The number of rotatable bonds is 7. The molecule has 0 amide bonds. The number of carbonyl (C=O) groups is 1. The molecule has 1 aromatic heterocycles. The summed E-state index contributed by atoms with van der Waals surface area (Å²) >= 11 is 0. The second kappa shape index (κ2) is 6.63. The highest BCUT2D eigenvalue weighted by Crippen LogP contribution is 2.19. The SMILES string of the molecule is COCCN(CC(=O)O)Cc1noc(C(C)(C)C)n1. The summed E-state index contributed by atoms with van der Waals surface area (Å²) in [4.78, 5) is 16.8. The van der Waals surface area contributed by atoms with E-state index in [1.54, 1.807) is 12.0 Å². The topological polar surface area (TPSA) is 88.7 Å². The predicted molar refractivity (Wildman–Crippen MR) is 67.8 cm³/mol. The van der Waals surface area contributed by atoms with Crippen LogP contribution in [0.1, 0.15) is 32.5 Å². The second-order valence-corrected chi connectivity index (χ2v) is 5.36. The standard InChI is InChI=1S/C12H21N3O4/c1-12(2,3)11-13-9(14-19-11)7-15(5-6-18-4)8-10(16)17/h5-8H2,1-4H3,(H,16,17). The van der Waals surface area contributed by atoms with E-state index in [0.29, 0.717) is 31.4 Å². The van der Waals surface area contributed by atoms with E-state index in [0.717, 1.165) is 0 Å². The molecule has 0 radical (unpaired) electrons. The molecule has 0 unspecified atom stereocenters. The highest BCUT2D eigenvalue weighted by molar-refractivity contribution is 5.69. The lowest BCUT2D eigenvalue weighted by atomic mass is 9.97. The molecular formula is C12H21N3O4. The van der Waals surface area contributed by atoms with Gasteiger partial charge < -0.3 is 14.4 Å². The van der Waals surface area contributed by atoms with Crippen molar-refractivity contribution in [2.45, 2.75) is 32.7 Å². The van der Waals surface area contributed by atoms with Crippen molar-refractivity contribution in [1.29, 1.82) is 0 Å². The number of ether oxygens (including phenoxy) is 1. The number of nitrogens with zero attached hydrogens (tertiary/aromatic N) is 3. The van der Waals surface area contributed by atoms with Crippen LogP contribution in [0.25, 0.3) is 0 Å². The smallest absolute Gasteiger partial charge is 0.317 e. The lowest BCUT2D eigenvalue weighted by molar-refractivity contribution is -0.138. The fourth-order valence-electron chi connectivity index (χ4n) is 1.45. The average Bonchev–Trinajstić information content (AvgIpc) is 2.73. The van der Waals surface area contributed by atoms with E-state index >= 15 is 0 Å². The first-order chi connectivity index (χ1) is 8.82. The molecule has 0 spiro atoms. The van der Waals surface area contributed by atoms with E-state index in [-0.39, 0.29) is 12.0 Å². The Bertz CT molecular complexity index is 411. The molecule has 0 saturated heterocycles. The van der Waals surface area contributed by atoms with Crippen molar-refractivity contribution in [2.24, 2.45) is 0 Å². The minimum Gasteiger partial charge on any atom is -0.480 e. The van der Waals surface area contributed by atoms with Crippen molar-refractivity contribution in [1.82, 2.24) is 15.0 Å². The molecule has 1 aromatic rings. The maximum atomic E-state index is 10.8. The van der Waals surface area contributed by atoms with E-state index in [4.69, 9.17) is 14.4 Å². The van der Waals surface area contributed by atoms with Crippen LogP contribution in [0, 0.1) is 0 Å². The number of methoxy groups -OCH3 is 1. The molecule has 0 atom stereocenters. The molecule has 1 heterocycles. The molecular weight excluding hydrogens is 250 g/mol. The number of carboxylic acid groups (broad SMARTS) is 1. The summed E-state index contributed by atoms with van der Waals surface area (Å²) in [5, 5.41) is 12.7. The molecule has 19 heavy (non-hydrogen) atoms. The van der Waals surface area contributed by atoms with Crippen molar-refractivity contribution in [3.8, 4) is 0 Å². The molecule has 108 valence electrons. The minimum absolute atomic E-state index is 0.0806. The summed E-state index contributed by atoms with van der Waals surface area (Å²) in [7, 11) is 1.57. The van der Waals surface area contributed by atoms with Gasteiger partial charge in [0, 0.05) is 19.1 Å². The van der Waals surface area contributed by atoms with Crippen LogP contribution in [0.4, 0.5) is 0 Å². The van der Waals surface area contributed by atoms with E-state index in [1.165, 1.54) is 0 Å². The van der Waals surface area contributed by atoms with Gasteiger partial charge in [-0.3, -0.25) is 9.69 Å². The normalized spacial score (nSPS) is 12.1. The van der Waals surface area contributed by atoms with Crippen LogP contribution in [-0.4, -0.2) is 52.9 Å². The third-order valence-corrected chi connectivity index (χ3v) is 2.45. The van der Waals surface area contributed by atoms with Gasteiger partial charge in [-0.05, 0) is 0 Å². The van der Waals surface area contributed by atoms with Crippen LogP contribution in [0.2, 0.25) is 0 Å². The van der Waals surface area contributed by atoms with Crippen molar-refractivity contribution in [3.63, 3.8) is 0 Å². The lowest BCUT2D eigenvalue weighted by Gasteiger charge is -2.17. The number of aliphatic carboxylic acids is 1. The Balaban J connectivity index is 2.67. The van der Waals surface area contributed by atoms with Gasteiger partial charge >= 0.3 is 5.97 Å². The Labute approximate surface area is 112 Å². The number of aromatic nitrogens is 2. The zero-order chi connectivity index (χ0) is 14.5. The van der Waals surface area contributed by atoms with Crippen molar-refractivity contribution in [2.75, 3.05) is 26.8 Å². The minimum atomic E-state index is -0.893. The molecule has 1 rings (SSSR count). The Morgan fingerprint density at radius 3 is 2.63 bits per heavy atom. The number of hydrogen-bond donors (Lipinski definition) is 1.